The molecular formula is C23H45NO6. The lowest BCUT2D eigenvalue weighted by molar-refractivity contribution is -0.896. The van der Waals surface area contributed by atoms with E-state index in [0.717, 1.165) is 26.1 Å². The average molecular weight is 432 g/mol. The van der Waals surface area contributed by atoms with Crippen molar-refractivity contribution in [2.24, 2.45) is 10.8 Å². The molecule has 7 heteroatoms. The number of carboxylic acid groups (broad SMARTS) is 1. The predicted octanol–water partition coefficient (Wildman–Crippen LogP) is 1.80. The van der Waals surface area contributed by atoms with Crippen molar-refractivity contribution in [3.63, 3.8) is 0 Å². The van der Waals surface area contributed by atoms with Gasteiger partial charge in [-0.25, -0.2) is 4.79 Å². The number of nitrogens with one attached hydrogen (secondary N) is 1. The Morgan fingerprint density at radius 2 is 1.37 bits per heavy atom. The summed E-state index contributed by atoms with van der Waals surface area (Å²) in [5.41, 5.74) is -0.496. The Hall–Kier alpha value is -1.89. The molecule has 0 bridgehead atoms. The third-order valence-corrected chi connectivity index (χ3v) is 5.10. The van der Waals surface area contributed by atoms with Crippen molar-refractivity contribution in [3.05, 3.63) is 12.2 Å². The minimum atomic E-state index is -0.972. The summed E-state index contributed by atoms with van der Waals surface area (Å²) in [6.45, 7) is 23.8. The van der Waals surface area contributed by atoms with E-state index in [9.17, 15) is 19.5 Å². The molecule has 30 heavy (non-hydrogen) atoms. The maximum atomic E-state index is 11.0. The summed E-state index contributed by atoms with van der Waals surface area (Å²) in [6.07, 6.45) is 1.44. The molecular weight excluding hydrogens is 386 g/mol. The van der Waals surface area contributed by atoms with Gasteiger partial charge >= 0.3 is 11.9 Å². The van der Waals surface area contributed by atoms with E-state index in [1.54, 1.807) is 20.8 Å². The van der Waals surface area contributed by atoms with Gasteiger partial charge in [0.1, 0.15) is 13.2 Å². The molecule has 0 radical (unpaired) electrons. The Morgan fingerprint density at radius 1 is 0.933 bits per heavy atom. The lowest BCUT2D eigenvalue weighted by atomic mass is 9.91. The predicted molar refractivity (Wildman–Crippen MR) is 118 cm³/mol. The lowest BCUT2D eigenvalue weighted by Gasteiger charge is -2.22. The van der Waals surface area contributed by atoms with Crippen molar-refractivity contribution in [3.8, 4) is 0 Å². The number of methoxy groups -OCH3 is 1. The molecule has 0 aromatic carbocycles. The highest BCUT2D eigenvalue weighted by atomic mass is 16.5. The van der Waals surface area contributed by atoms with Crippen LogP contribution in [0.15, 0.2) is 12.2 Å². The minimum absolute atomic E-state index is 0.134. The van der Waals surface area contributed by atoms with Gasteiger partial charge in [-0.2, -0.15) is 0 Å². The van der Waals surface area contributed by atoms with E-state index in [-0.39, 0.29) is 17.4 Å². The van der Waals surface area contributed by atoms with Crippen LogP contribution in [0.2, 0.25) is 0 Å². The minimum Gasteiger partial charge on any atom is -0.550 e. The standard InChI is InChI=1S/C10H19NO2.C7H14O2.C6H12O2/c1-5-11(6-2)7-8-13-10(12)9(3)4;1-5-7(2,3)6(8)9-4;1-4-6(2,3)5(7)8/h3,5-8H2,1-2,4H3;5H2,1-4H3;4H2,1-3H3,(H,7,8). The van der Waals surface area contributed by atoms with E-state index >= 15 is 0 Å². The molecule has 0 aromatic rings. The Kier molecular flexibility index (Phi) is 18.4. The van der Waals surface area contributed by atoms with Crippen molar-refractivity contribution in [1.82, 2.24) is 0 Å². The zero-order valence-corrected chi connectivity index (χ0v) is 20.9. The smallest absolute Gasteiger partial charge is 0.333 e. The first-order chi connectivity index (χ1) is 13.7. The Morgan fingerprint density at radius 3 is 1.57 bits per heavy atom. The van der Waals surface area contributed by atoms with Gasteiger partial charge in [-0.3, -0.25) is 4.79 Å². The molecule has 0 heterocycles. The first kappa shape index (κ1) is 32.8. The van der Waals surface area contributed by atoms with E-state index in [2.05, 4.69) is 25.2 Å². The SMILES string of the molecule is C=C(C)C(=O)OCC[NH+](CC)CC.CCC(C)(C)C(=O)OC.CCC(C)(C)C(=O)[O-]. The number of carboxylic acids is 1. The molecule has 0 aliphatic carbocycles. The van der Waals surface area contributed by atoms with Gasteiger partial charge < -0.3 is 24.3 Å². The summed E-state index contributed by atoms with van der Waals surface area (Å²) in [7, 11) is 1.42. The Bertz CT molecular complexity index is 522. The van der Waals surface area contributed by atoms with Crippen LogP contribution in [-0.2, 0) is 23.9 Å². The van der Waals surface area contributed by atoms with Gasteiger partial charge in [-0.05, 0) is 47.5 Å². The second kappa shape index (κ2) is 16.9. The third kappa shape index (κ3) is 16.0. The fraction of sp³-hybridized carbons (Fsp3) is 0.783. The molecule has 0 amide bonds. The molecule has 7 nitrogen and oxygen atoms in total. The van der Waals surface area contributed by atoms with Crippen molar-refractivity contribution in [2.45, 2.75) is 75.2 Å². The molecule has 1 N–H and O–H groups in total. The number of quaternary nitrogens is 1. The topological polar surface area (TPSA) is 97.2 Å². The van der Waals surface area contributed by atoms with Gasteiger partial charge in [0.25, 0.3) is 0 Å². The van der Waals surface area contributed by atoms with E-state index in [1.165, 1.54) is 12.0 Å². The third-order valence-electron chi connectivity index (χ3n) is 5.10. The monoisotopic (exact) mass is 431 g/mol. The van der Waals surface area contributed by atoms with Crippen LogP contribution in [0.1, 0.15) is 75.2 Å². The van der Waals surface area contributed by atoms with Gasteiger partial charge in [0.2, 0.25) is 0 Å². The summed E-state index contributed by atoms with van der Waals surface area (Å²) >= 11 is 0. The highest BCUT2D eigenvalue weighted by Gasteiger charge is 2.25. The molecule has 0 aliphatic rings. The quantitative estimate of drug-likeness (QED) is 0.418. The summed E-state index contributed by atoms with van der Waals surface area (Å²) in [5.74, 6) is -1.39. The summed E-state index contributed by atoms with van der Waals surface area (Å²) in [5, 5.41) is 10.1. The summed E-state index contributed by atoms with van der Waals surface area (Å²) < 4.78 is 9.55. The van der Waals surface area contributed by atoms with Crippen LogP contribution in [0.5, 0.6) is 0 Å². The largest absolute Gasteiger partial charge is 0.550 e. The number of hydrogen-bond donors (Lipinski definition) is 1. The van der Waals surface area contributed by atoms with Crippen LogP contribution in [-0.4, -0.2) is 51.3 Å². The number of hydrogen-bond acceptors (Lipinski definition) is 6. The average Bonchev–Trinajstić information content (AvgIpc) is 2.70. The van der Waals surface area contributed by atoms with Gasteiger partial charge in [0, 0.05) is 17.0 Å². The van der Waals surface area contributed by atoms with Crippen molar-refractivity contribution < 1.29 is 33.9 Å². The fourth-order valence-electron chi connectivity index (χ4n) is 1.58. The zero-order valence-electron chi connectivity index (χ0n) is 20.9. The summed E-state index contributed by atoms with van der Waals surface area (Å²) in [6, 6.07) is 0. The van der Waals surface area contributed by atoms with Crippen LogP contribution in [0, 0.1) is 10.8 Å². The fourth-order valence-corrected chi connectivity index (χ4v) is 1.58. The molecule has 0 fully saturated rings. The molecule has 0 atom stereocenters. The number of rotatable bonds is 10. The van der Waals surface area contributed by atoms with Crippen LogP contribution < -0.4 is 10.0 Å². The number of carbonyl (C=O) groups excluding carboxylic acids is 3. The second-order valence-corrected chi connectivity index (χ2v) is 8.38. The van der Waals surface area contributed by atoms with Gasteiger partial charge in [0.15, 0.2) is 0 Å². The first-order valence-corrected chi connectivity index (χ1v) is 10.6. The van der Waals surface area contributed by atoms with Gasteiger partial charge in [0.05, 0.1) is 25.6 Å². The Labute approximate surface area is 183 Å². The molecule has 0 spiro atoms. The van der Waals surface area contributed by atoms with Crippen molar-refractivity contribution >= 4 is 17.9 Å². The number of aliphatic carboxylic acids is 1. The molecule has 0 rings (SSSR count). The zero-order chi connectivity index (χ0) is 24.5. The lowest BCUT2D eigenvalue weighted by Crippen LogP contribution is -3.11. The maximum absolute atomic E-state index is 11.0. The highest BCUT2D eigenvalue weighted by Crippen LogP contribution is 2.20. The van der Waals surface area contributed by atoms with Crippen LogP contribution in [0.25, 0.3) is 0 Å². The summed E-state index contributed by atoms with van der Waals surface area (Å²) in [4.78, 5) is 33.4. The molecule has 0 saturated carbocycles. The van der Waals surface area contributed by atoms with Gasteiger partial charge in [-0.15, -0.1) is 0 Å². The van der Waals surface area contributed by atoms with E-state index in [1.807, 2.05) is 27.7 Å². The maximum Gasteiger partial charge on any atom is 0.333 e. The number of esters is 2. The molecule has 0 saturated heterocycles. The Balaban J connectivity index is -0.000000379. The normalized spacial score (nSPS) is 10.8. The van der Waals surface area contributed by atoms with E-state index in [4.69, 9.17) is 4.74 Å². The van der Waals surface area contributed by atoms with Crippen LogP contribution in [0.3, 0.4) is 0 Å². The highest BCUT2D eigenvalue weighted by molar-refractivity contribution is 5.86. The molecule has 0 aromatic heterocycles. The first-order valence-electron chi connectivity index (χ1n) is 10.6. The van der Waals surface area contributed by atoms with E-state index < -0.39 is 11.4 Å². The van der Waals surface area contributed by atoms with Gasteiger partial charge in [-0.1, -0.05) is 34.3 Å². The van der Waals surface area contributed by atoms with Crippen molar-refractivity contribution in [2.75, 3.05) is 33.4 Å². The number of carbonyl (C=O) groups is 3. The van der Waals surface area contributed by atoms with E-state index in [0.29, 0.717) is 18.6 Å². The molecule has 0 unspecified atom stereocenters. The second-order valence-electron chi connectivity index (χ2n) is 8.38. The van der Waals surface area contributed by atoms with Crippen molar-refractivity contribution in [1.29, 1.82) is 0 Å². The number of likely N-dealkylation sites (N-methyl/N-ethyl adjacent to an activating group) is 1. The number of ether oxygens (including phenoxy) is 2. The molecule has 178 valence electrons. The van der Waals surface area contributed by atoms with Crippen LogP contribution >= 0.6 is 0 Å². The molecule has 0 aliphatic heterocycles. The van der Waals surface area contributed by atoms with Crippen LogP contribution in [0.4, 0.5) is 0 Å².